The molecule has 2 heterocycles. The molecule has 0 radical (unpaired) electrons. The van der Waals surface area contributed by atoms with E-state index in [0.29, 0.717) is 15.0 Å². The molecule has 8 heteroatoms. The number of rotatable bonds is 3. The number of thiazole rings is 1. The fourth-order valence-electron chi connectivity index (χ4n) is 2.32. The zero-order valence-corrected chi connectivity index (χ0v) is 13.8. The van der Waals surface area contributed by atoms with Crippen LogP contribution in [0, 0.1) is 18.2 Å². The van der Waals surface area contributed by atoms with Crippen LogP contribution in [0.4, 0.5) is 4.39 Å². The molecule has 0 bridgehead atoms. The van der Waals surface area contributed by atoms with Gasteiger partial charge < -0.3 is 9.30 Å². The maximum absolute atomic E-state index is 14.1. The number of carbonyl (C=O) groups is 1. The van der Waals surface area contributed by atoms with E-state index >= 15 is 0 Å². The number of aryl methyl sites for hydroxylation is 1. The molecule has 1 amide bonds. The summed E-state index contributed by atoms with van der Waals surface area (Å²) in [5.41, 5.74) is 0.565. The Kier molecular flexibility index (Phi) is 4.18. The van der Waals surface area contributed by atoms with Gasteiger partial charge in [-0.15, -0.1) is 11.5 Å². The number of aromatic nitrogens is 3. The average molecular weight is 344 g/mol. The van der Waals surface area contributed by atoms with Crippen molar-refractivity contribution < 1.29 is 13.9 Å². The summed E-state index contributed by atoms with van der Waals surface area (Å²) in [6.45, 7) is 0.108. The highest BCUT2D eigenvalue weighted by atomic mass is 32.1. The van der Waals surface area contributed by atoms with Gasteiger partial charge in [-0.05, 0) is 12.1 Å². The fourth-order valence-corrected chi connectivity index (χ4v) is 3.36. The van der Waals surface area contributed by atoms with Crippen LogP contribution in [-0.4, -0.2) is 27.4 Å². The van der Waals surface area contributed by atoms with Gasteiger partial charge in [0.25, 0.3) is 5.91 Å². The average Bonchev–Trinajstić information content (AvgIpc) is 3.09. The van der Waals surface area contributed by atoms with E-state index in [4.69, 9.17) is 11.2 Å². The number of methoxy groups -OCH3 is 1. The van der Waals surface area contributed by atoms with Gasteiger partial charge in [0.1, 0.15) is 11.4 Å². The number of terminal acetylenes is 1. The van der Waals surface area contributed by atoms with Gasteiger partial charge in [-0.25, -0.2) is 4.39 Å². The standard InChI is InChI=1S/C16H13FN4O2S/c1-4-8-21-13-11(17)6-5-7-12(13)24-16(21)18-14(22)10-9-20(2)19-15(10)23-3/h1,5-7,9H,8H2,2-3H3. The SMILES string of the molecule is C#CCn1c(=NC(=O)c2cn(C)nc2OC)sc2cccc(F)c21. The normalized spacial score (nSPS) is 11.7. The summed E-state index contributed by atoms with van der Waals surface area (Å²) in [5, 5.41) is 4.03. The lowest BCUT2D eigenvalue weighted by molar-refractivity contribution is 0.0995. The Balaban J connectivity index is 2.19. The first-order chi connectivity index (χ1) is 11.5. The first-order valence-corrected chi connectivity index (χ1v) is 7.74. The lowest BCUT2D eigenvalue weighted by atomic mass is 10.3. The third-order valence-corrected chi connectivity index (χ3v) is 4.36. The number of hydrogen-bond acceptors (Lipinski definition) is 4. The molecule has 2 aromatic heterocycles. The van der Waals surface area contributed by atoms with Crippen LogP contribution >= 0.6 is 11.3 Å². The van der Waals surface area contributed by atoms with Crippen molar-refractivity contribution in [1.29, 1.82) is 0 Å². The Morgan fingerprint density at radius 1 is 1.54 bits per heavy atom. The molecule has 0 aliphatic heterocycles. The number of halogens is 1. The number of ether oxygens (including phenoxy) is 1. The van der Waals surface area contributed by atoms with Crippen molar-refractivity contribution in [1.82, 2.24) is 14.3 Å². The Bertz CT molecular complexity index is 1040. The number of para-hydroxylation sites is 1. The molecule has 0 fully saturated rings. The van der Waals surface area contributed by atoms with Gasteiger partial charge in [-0.1, -0.05) is 23.3 Å². The van der Waals surface area contributed by atoms with Crippen molar-refractivity contribution in [3.8, 4) is 18.2 Å². The van der Waals surface area contributed by atoms with Gasteiger partial charge in [0.05, 0.1) is 23.9 Å². The molecule has 0 saturated heterocycles. The molecule has 0 aliphatic carbocycles. The third kappa shape index (κ3) is 2.70. The van der Waals surface area contributed by atoms with E-state index in [9.17, 15) is 9.18 Å². The van der Waals surface area contributed by atoms with Crippen LogP contribution in [0.1, 0.15) is 10.4 Å². The Labute approximate surface area is 140 Å². The van der Waals surface area contributed by atoms with Crippen LogP contribution in [-0.2, 0) is 13.6 Å². The molecule has 24 heavy (non-hydrogen) atoms. The molecule has 0 unspecified atom stereocenters. The van der Waals surface area contributed by atoms with Crippen LogP contribution < -0.4 is 9.54 Å². The van der Waals surface area contributed by atoms with Gasteiger partial charge in [0.15, 0.2) is 4.80 Å². The minimum Gasteiger partial charge on any atom is -0.479 e. The molecule has 0 spiro atoms. The first kappa shape index (κ1) is 16.0. The highest BCUT2D eigenvalue weighted by Crippen LogP contribution is 2.21. The molecule has 0 aliphatic rings. The van der Waals surface area contributed by atoms with E-state index < -0.39 is 11.7 Å². The summed E-state index contributed by atoms with van der Waals surface area (Å²) < 4.78 is 22.8. The topological polar surface area (TPSA) is 61.4 Å². The third-order valence-electron chi connectivity index (χ3n) is 3.32. The summed E-state index contributed by atoms with van der Waals surface area (Å²) in [7, 11) is 3.10. The quantitative estimate of drug-likeness (QED) is 0.683. The molecule has 0 N–H and O–H groups in total. The van der Waals surface area contributed by atoms with Crippen molar-refractivity contribution in [3.63, 3.8) is 0 Å². The monoisotopic (exact) mass is 344 g/mol. The van der Waals surface area contributed by atoms with Gasteiger partial charge in [0.2, 0.25) is 5.88 Å². The van der Waals surface area contributed by atoms with E-state index in [0.717, 1.165) is 0 Å². The summed E-state index contributed by atoms with van der Waals surface area (Å²) in [6.07, 6.45) is 6.89. The Morgan fingerprint density at radius 2 is 2.33 bits per heavy atom. The van der Waals surface area contributed by atoms with Crippen molar-refractivity contribution in [2.24, 2.45) is 12.0 Å². The minimum absolute atomic E-state index is 0.108. The molecule has 6 nitrogen and oxygen atoms in total. The molecule has 1 aromatic carbocycles. The summed E-state index contributed by atoms with van der Waals surface area (Å²) >= 11 is 1.19. The van der Waals surface area contributed by atoms with Crippen LogP contribution in [0.3, 0.4) is 0 Å². The smallest absolute Gasteiger partial charge is 0.286 e. The largest absolute Gasteiger partial charge is 0.479 e. The van der Waals surface area contributed by atoms with Crippen molar-refractivity contribution in [3.05, 3.63) is 40.6 Å². The van der Waals surface area contributed by atoms with Gasteiger partial charge >= 0.3 is 0 Å². The van der Waals surface area contributed by atoms with Gasteiger partial charge in [0, 0.05) is 13.2 Å². The second-order valence-electron chi connectivity index (χ2n) is 4.90. The maximum atomic E-state index is 14.1. The molecule has 0 saturated carbocycles. The number of carbonyl (C=O) groups excluding carboxylic acids is 1. The highest BCUT2D eigenvalue weighted by Gasteiger charge is 2.17. The highest BCUT2D eigenvalue weighted by molar-refractivity contribution is 7.16. The second kappa shape index (κ2) is 6.29. The summed E-state index contributed by atoms with van der Waals surface area (Å²) in [6, 6.07) is 4.70. The molecular weight excluding hydrogens is 331 g/mol. The molecule has 122 valence electrons. The Morgan fingerprint density at radius 3 is 3.04 bits per heavy atom. The molecule has 3 aromatic rings. The number of hydrogen-bond donors (Lipinski definition) is 0. The zero-order valence-electron chi connectivity index (χ0n) is 13.0. The number of nitrogens with zero attached hydrogens (tertiary/aromatic N) is 4. The number of fused-ring (bicyclic) bond motifs is 1. The fraction of sp³-hybridized carbons (Fsp3) is 0.188. The van der Waals surface area contributed by atoms with E-state index in [2.05, 4.69) is 16.0 Å². The van der Waals surface area contributed by atoms with Crippen LogP contribution in [0.25, 0.3) is 10.2 Å². The summed E-state index contributed by atoms with van der Waals surface area (Å²) in [5.74, 6) is 1.70. The van der Waals surface area contributed by atoms with Crippen molar-refractivity contribution >= 4 is 27.5 Å². The number of amides is 1. The van der Waals surface area contributed by atoms with Crippen molar-refractivity contribution in [2.45, 2.75) is 6.54 Å². The lowest BCUT2D eigenvalue weighted by Crippen LogP contribution is -2.17. The van der Waals surface area contributed by atoms with Crippen LogP contribution in [0.2, 0.25) is 0 Å². The van der Waals surface area contributed by atoms with Crippen LogP contribution in [0.15, 0.2) is 29.4 Å². The Hall–Kier alpha value is -2.92. The molecule has 0 atom stereocenters. The minimum atomic E-state index is -0.530. The first-order valence-electron chi connectivity index (χ1n) is 6.93. The van der Waals surface area contributed by atoms with E-state index in [1.54, 1.807) is 19.2 Å². The van der Waals surface area contributed by atoms with E-state index in [1.165, 1.54) is 40.0 Å². The van der Waals surface area contributed by atoms with E-state index in [-0.39, 0.29) is 18.0 Å². The van der Waals surface area contributed by atoms with Crippen molar-refractivity contribution in [2.75, 3.05) is 7.11 Å². The lowest BCUT2D eigenvalue weighted by Gasteiger charge is -2.00. The zero-order chi connectivity index (χ0) is 17.3. The second-order valence-corrected chi connectivity index (χ2v) is 5.91. The predicted octanol–water partition coefficient (Wildman–Crippen LogP) is 1.96. The van der Waals surface area contributed by atoms with Crippen LogP contribution in [0.5, 0.6) is 5.88 Å². The molecule has 3 rings (SSSR count). The van der Waals surface area contributed by atoms with Gasteiger partial charge in [-0.2, -0.15) is 4.99 Å². The maximum Gasteiger partial charge on any atom is 0.286 e. The number of benzene rings is 1. The van der Waals surface area contributed by atoms with Gasteiger partial charge in [-0.3, -0.25) is 9.48 Å². The molecular formula is C16H13FN4O2S. The summed E-state index contributed by atoms with van der Waals surface area (Å²) in [4.78, 5) is 16.9. The van der Waals surface area contributed by atoms with E-state index in [1.807, 2.05) is 0 Å². The predicted molar refractivity (Wildman–Crippen MR) is 88.3 cm³/mol.